The molecule has 1 heterocycles. The van der Waals surface area contributed by atoms with Gasteiger partial charge in [0, 0.05) is 13.0 Å². The Balaban J connectivity index is 1.98. The van der Waals surface area contributed by atoms with E-state index in [9.17, 15) is 9.90 Å². The fourth-order valence-electron chi connectivity index (χ4n) is 3.07. The summed E-state index contributed by atoms with van der Waals surface area (Å²) in [6, 6.07) is 1.92. The van der Waals surface area contributed by atoms with E-state index in [1.807, 2.05) is 0 Å². The van der Waals surface area contributed by atoms with E-state index in [1.54, 1.807) is 0 Å². The van der Waals surface area contributed by atoms with E-state index >= 15 is 0 Å². The fraction of sp³-hybridized carbons (Fsp3) is 0.857. The first-order valence-electron chi connectivity index (χ1n) is 6.94. The predicted octanol–water partition coefficient (Wildman–Crippen LogP) is 2.26. The molecule has 0 spiro atoms. The van der Waals surface area contributed by atoms with Crippen molar-refractivity contribution >= 4 is 5.97 Å². The summed E-state index contributed by atoms with van der Waals surface area (Å²) in [6.45, 7) is 3.81. The van der Waals surface area contributed by atoms with Gasteiger partial charge in [0.05, 0.1) is 6.07 Å². The van der Waals surface area contributed by atoms with Crippen molar-refractivity contribution in [3.8, 4) is 6.07 Å². The molecule has 1 saturated heterocycles. The lowest BCUT2D eigenvalue weighted by Gasteiger charge is -2.38. The number of likely N-dealkylation sites (tertiary alicyclic amines) is 1. The van der Waals surface area contributed by atoms with Crippen molar-refractivity contribution in [1.82, 2.24) is 4.90 Å². The number of carboxylic acid groups (broad SMARTS) is 1. The molecule has 2 unspecified atom stereocenters. The molecular weight excluding hydrogens is 228 g/mol. The SMILES string of the molecule is CCC1CCN(CC2(CC#N)CC2)C(C(=O)O)C1. The van der Waals surface area contributed by atoms with Crippen molar-refractivity contribution in [1.29, 1.82) is 5.26 Å². The summed E-state index contributed by atoms with van der Waals surface area (Å²) in [6.07, 6.45) is 5.69. The van der Waals surface area contributed by atoms with Crippen LogP contribution in [-0.4, -0.2) is 35.1 Å². The summed E-state index contributed by atoms with van der Waals surface area (Å²) in [7, 11) is 0. The highest BCUT2D eigenvalue weighted by molar-refractivity contribution is 5.73. The molecule has 4 nitrogen and oxygen atoms in total. The predicted molar refractivity (Wildman–Crippen MR) is 67.9 cm³/mol. The van der Waals surface area contributed by atoms with Crippen molar-refractivity contribution < 1.29 is 9.90 Å². The standard InChI is InChI=1S/C14H22N2O2/c1-2-11-3-8-16(12(9-11)13(17)18)10-14(4-5-14)6-7-15/h11-12H,2-6,8-10H2,1H3,(H,17,18). The van der Waals surface area contributed by atoms with Crippen molar-refractivity contribution in [2.45, 2.75) is 51.5 Å². The van der Waals surface area contributed by atoms with Crippen LogP contribution >= 0.6 is 0 Å². The summed E-state index contributed by atoms with van der Waals surface area (Å²) < 4.78 is 0. The average molecular weight is 250 g/mol. The zero-order valence-corrected chi connectivity index (χ0v) is 11.1. The third kappa shape index (κ3) is 2.84. The van der Waals surface area contributed by atoms with E-state index in [1.165, 1.54) is 0 Å². The lowest BCUT2D eigenvalue weighted by atomic mass is 9.87. The van der Waals surface area contributed by atoms with Gasteiger partial charge in [-0.3, -0.25) is 9.69 Å². The Kier molecular flexibility index (Phi) is 3.91. The number of hydrogen-bond donors (Lipinski definition) is 1. The van der Waals surface area contributed by atoms with Gasteiger partial charge < -0.3 is 5.11 Å². The molecule has 1 saturated carbocycles. The minimum absolute atomic E-state index is 0.113. The summed E-state index contributed by atoms with van der Waals surface area (Å²) in [5.41, 5.74) is 0.113. The molecule has 0 bridgehead atoms. The number of nitrogens with zero attached hydrogens (tertiary/aromatic N) is 2. The summed E-state index contributed by atoms with van der Waals surface area (Å²) in [5.74, 6) is -0.144. The Morgan fingerprint density at radius 2 is 2.28 bits per heavy atom. The molecule has 2 atom stereocenters. The quantitative estimate of drug-likeness (QED) is 0.812. The third-order valence-corrected chi connectivity index (χ3v) is 4.63. The number of hydrogen-bond acceptors (Lipinski definition) is 3. The molecule has 2 rings (SSSR count). The molecule has 0 radical (unpaired) electrons. The first kappa shape index (κ1) is 13.4. The maximum atomic E-state index is 11.4. The Morgan fingerprint density at radius 3 is 2.78 bits per heavy atom. The molecule has 1 N–H and O–H groups in total. The van der Waals surface area contributed by atoms with Gasteiger partial charge in [0.2, 0.25) is 0 Å². The molecule has 18 heavy (non-hydrogen) atoms. The van der Waals surface area contributed by atoms with Gasteiger partial charge >= 0.3 is 5.97 Å². The number of aliphatic carboxylic acids is 1. The van der Waals surface area contributed by atoms with Crippen LogP contribution in [0, 0.1) is 22.7 Å². The maximum Gasteiger partial charge on any atom is 0.320 e. The second-order valence-corrected chi connectivity index (χ2v) is 5.96. The van der Waals surface area contributed by atoms with Crippen LogP contribution in [0.1, 0.15) is 45.4 Å². The van der Waals surface area contributed by atoms with Gasteiger partial charge in [0.25, 0.3) is 0 Å². The van der Waals surface area contributed by atoms with Gasteiger partial charge in [0.1, 0.15) is 6.04 Å². The number of piperidine rings is 1. The highest BCUT2D eigenvalue weighted by Crippen LogP contribution is 2.49. The monoisotopic (exact) mass is 250 g/mol. The van der Waals surface area contributed by atoms with E-state index in [0.717, 1.165) is 45.2 Å². The van der Waals surface area contributed by atoms with Gasteiger partial charge in [-0.1, -0.05) is 13.3 Å². The number of carbonyl (C=O) groups is 1. The largest absolute Gasteiger partial charge is 0.480 e. The van der Waals surface area contributed by atoms with Crippen LogP contribution in [0.4, 0.5) is 0 Å². The van der Waals surface area contributed by atoms with Crippen LogP contribution in [0.5, 0.6) is 0 Å². The number of rotatable bonds is 5. The molecule has 100 valence electrons. The van der Waals surface area contributed by atoms with Gasteiger partial charge in [-0.15, -0.1) is 0 Å². The molecule has 0 amide bonds. The number of carboxylic acids is 1. The van der Waals surface area contributed by atoms with E-state index in [-0.39, 0.29) is 11.5 Å². The summed E-state index contributed by atoms with van der Waals surface area (Å²) in [5, 5.41) is 18.2. The molecule has 4 heteroatoms. The Morgan fingerprint density at radius 1 is 1.56 bits per heavy atom. The van der Waals surface area contributed by atoms with Crippen molar-refractivity contribution in [3.05, 3.63) is 0 Å². The first-order valence-corrected chi connectivity index (χ1v) is 6.94. The molecule has 0 aromatic carbocycles. The Labute approximate surface area is 109 Å². The van der Waals surface area contributed by atoms with Crippen molar-refractivity contribution in [3.63, 3.8) is 0 Å². The molecule has 2 fully saturated rings. The lowest BCUT2D eigenvalue weighted by Crippen LogP contribution is -2.49. The second-order valence-electron chi connectivity index (χ2n) is 5.96. The highest BCUT2D eigenvalue weighted by Gasteiger charge is 2.46. The van der Waals surface area contributed by atoms with Crippen LogP contribution in [-0.2, 0) is 4.79 Å². The Bertz CT molecular complexity index is 357. The zero-order chi connectivity index (χ0) is 13.2. The smallest absolute Gasteiger partial charge is 0.320 e. The lowest BCUT2D eigenvalue weighted by molar-refractivity contribution is -0.145. The van der Waals surface area contributed by atoms with Crippen LogP contribution in [0.15, 0.2) is 0 Å². The van der Waals surface area contributed by atoms with E-state index in [2.05, 4.69) is 17.9 Å². The first-order chi connectivity index (χ1) is 8.60. The summed E-state index contributed by atoms with van der Waals surface area (Å²) in [4.78, 5) is 13.5. The molecular formula is C14H22N2O2. The minimum Gasteiger partial charge on any atom is -0.480 e. The van der Waals surface area contributed by atoms with Crippen molar-refractivity contribution in [2.24, 2.45) is 11.3 Å². The minimum atomic E-state index is -0.694. The van der Waals surface area contributed by atoms with Gasteiger partial charge in [0.15, 0.2) is 0 Å². The van der Waals surface area contributed by atoms with E-state index in [0.29, 0.717) is 12.3 Å². The fourth-order valence-corrected chi connectivity index (χ4v) is 3.07. The third-order valence-electron chi connectivity index (χ3n) is 4.63. The average Bonchev–Trinajstić information content (AvgIpc) is 3.09. The molecule has 2 aliphatic rings. The topological polar surface area (TPSA) is 64.3 Å². The van der Waals surface area contributed by atoms with E-state index in [4.69, 9.17) is 5.26 Å². The normalized spacial score (nSPS) is 30.7. The van der Waals surface area contributed by atoms with Crippen LogP contribution in [0.25, 0.3) is 0 Å². The highest BCUT2D eigenvalue weighted by atomic mass is 16.4. The van der Waals surface area contributed by atoms with Crippen LogP contribution in [0.2, 0.25) is 0 Å². The zero-order valence-electron chi connectivity index (χ0n) is 11.1. The second kappa shape index (κ2) is 5.27. The molecule has 1 aliphatic heterocycles. The molecule has 1 aliphatic carbocycles. The number of nitriles is 1. The van der Waals surface area contributed by atoms with Crippen LogP contribution < -0.4 is 0 Å². The van der Waals surface area contributed by atoms with Crippen molar-refractivity contribution in [2.75, 3.05) is 13.1 Å². The van der Waals surface area contributed by atoms with Crippen LogP contribution in [0.3, 0.4) is 0 Å². The molecule has 0 aromatic heterocycles. The molecule has 0 aromatic rings. The summed E-state index contributed by atoms with van der Waals surface area (Å²) >= 11 is 0. The Hall–Kier alpha value is -1.08. The van der Waals surface area contributed by atoms with Gasteiger partial charge in [-0.2, -0.15) is 5.26 Å². The van der Waals surface area contributed by atoms with Gasteiger partial charge in [-0.05, 0) is 43.6 Å². The maximum absolute atomic E-state index is 11.4. The van der Waals surface area contributed by atoms with E-state index < -0.39 is 5.97 Å². The van der Waals surface area contributed by atoms with Gasteiger partial charge in [-0.25, -0.2) is 0 Å².